The van der Waals surface area contributed by atoms with Crippen molar-refractivity contribution in [2.24, 2.45) is 0 Å². The van der Waals surface area contributed by atoms with Crippen LogP contribution in [0.1, 0.15) is 47.2 Å². The zero-order valence-corrected chi connectivity index (χ0v) is 38.0. The smallest absolute Gasteiger partial charge is 0.0714 e. The molecule has 0 aliphatic heterocycles. The van der Waals surface area contributed by atoms with Crippen LogP contribution >= 0.6 is 0 Å². The van der Waals surface area contributed by atoms with Crippen molar-refractivity contribution in [1.29, 1.82) is 0 Å². The van der Waals surface area contributed by atoms with Crippen LogP contribution in [0.2, 0.25) is 0 Å². The van der Waals surface area contributed by atoms with E-state index in [9.17, 15) is 0 Å². The molecule has 0 N–H and O–H groups in total. The van der Waals surface area contributed by atoms with Crippen molar-refractivity contribution in [3.05, 3.63) is 276 Å². The van der Waals surface area contributed by atoms with E-state index in [4.69, 9.17) is 0 Å². The molecule has 0 atom stereocenters. The molecule has 0 fully saturated rings. The normalized spacial score (nSPS) is 14.0. The molecule has 2 nitrogen and oxygen atoms in total. The van der Waals surface area contributed by atoms with Crippen LogP contribution in [0.15, 0.2) is 243 Å². The Kier molecular flexibility index (Phi) is 8.28. The average Bonchev–Trinajstić information content (AvgIpc) is 3.98. The third-order valence-electron chi connectivity index (χ3n) is 15.4. The van der Waals surface area contributed by atoms with Crippen molar-refractivity contribution >= 4 is 60.4 Å². The fraction of sp³-hybridized carbons (Fsp3) is 0.0606. The number of aromatic nitrogens is 1. The molecule has 2 aliphatic rings. The van der Waals surface area contributed by atoms with Gasteiger partial charge in [0.15, 0.2) is 0 Å². The minimum absolute atomic E-state index is 0.280. The summed E-state index contributed by atoms with van der Waals surface area (Å²) in [4.78, 5) is 2.51. The van der Waals surface area contributed by atoms with Crippen LogP contribution < -0.4 is 4.90 Å². The maximum absolute atomic E-state index is 2.51. The Morgan fingerprint density at radius 1 is 0.353 bits per heavy atom. The van der Waals surface area contributed by atoms with Crippen LogP contribution in [0.25, 0.3) is 71.3 Å². The molecule has 11 aromatic carbocycles. The van der Waals surface area contributed by atoms with Gasteiger partial charge >= 0.3 is 0 Å². The quantitative estimate of drug-likeness (QED) is 0.162. The fourth-order valence-corrected chi connectivity index (χ4v) is 12.4. The first-order valence-electron chi connectivity index (χ1n) is 23.8. The van der Waals surface area contributed by atoms with Crippen molar-refractivity contribution in [2.75, 3.05) is 4.90 Å². The van der Waals surface area contributed by atoms with Gasteiger partial charge in [-0.15, -0.1) is 0 Å². The summed E-state index contributed by atoms with van der Waals surface area (Å²) in [5.74, 6) is 0. The molecule has 320 valence electrons. The number of fused-ring (bicyclic) bond motifs is 12. The van der Waals surface area contributed by atoms with E-state index in [-0.39, 0.29) is 5.41 Å². The lowest BCUT2D eigenvalue weighted by atomic mass is 9.67. The van der Waals surface area contributed by atoms with E-state index in [0.717, 1.165) is 17.1 Å². The fourth-order valence-electron chi connectivity index (χ4n) is 12.4. The summed E-state index contributed by atoms with van der Waals surface area (Å²) in [6.45, 7) is 4.82. The molecule has 2 aliphatic carbocycles. The molecule has 1 aromatic heterocycles. The van der Waals surface area contributed by atoms with Gasteiger partial charge in [0.05, 0.1) is 22.1 Å². The predicted octanol–water partition coefficient (Wildman–Crippen LogP) is 17.2. The molecule has 0 bridgehead atoms. The van der Waals surface area contributed by atoms with E-state index < -0.39 is 5.41 Å². The Bertz CT molecular complexity index is 3960. The van der Waals surface area contributed by atoms with Crippen molar-refractivity contribution in [3.8, 4) is 27.9 Å². The van der Waals surface area contributed by atoms with Gasteiger partial charge in [0, 0.05) is 44.0 Å². The minimum Gasteiger partial charge on any atom is -0.310 e. The van der Waals surface area contributed by atoms with E-state index in [0.29, 0.717) is 0 Å². The molecular weight excluding hydrogens is 821 g/mol. The molecule has 2 heteroatoms. The summed E-state index contributed by atoms with van der Waals surface area (Å²) in [6, 6.07) is 90.6. The second-order valence-corrected chi connectivity index (χ2v) is 19.2. The highest BCUT2D eigenvalue weighted by Crippen LogP contribution is 2.58. The highest BCUT2D eigenvalue weighted by Gasteiger charge is 2.46. The SMILES string of the molecule is CC1(C)c2cc(N(c3ccc4c(c3)C(c3ccccc3)(c3ccccc3)c3ccccc3-4)c3cccc4ccccc34)ccc2-c2ccc(-n3c4ccccc4c4ccc5ccccc5c43)cc21. The van der Waals surface area contributed by atoms with Crippen molar-refractivity contribution in [1.82, 2.24) is 4.57 Å². The summed E-state index contributed by atoms with van der Waals surface area (Å²) in [6.07, 6.45) is 0. The van der Waals surface area contributed by atoms with Crippen LogP contribution in [-0.4, -0.2) is 4.57 Å². The van der Waals surface area contributed by atoms with Crippen molar-refractivity contribution in [3.63, 3.8) is 0 Å². The number of hydrogen-bond acceptors (Lipinski definition) is 1. The van der Waals surface area contributed by atoms with Crippen molar-refractivity contribution in [2.45, 2.75) is 24.7 Å². The monoisotopic (exact) mass is 866 g/mol. The number of benzene rings is 11. The van der Waals surface area contributed by atoms with Gasteiger partial charge in [0.1, 0.15) is 0 Å². The third kappa shape index (κ3) is 5.34. The van der Waals surface area contributed by atoms with Gasteiger partial charge in [-0.05, 0) is 115 Å². The molecule has 0 spiro atoms. The summed E-state index contributed by atoms with van der Waals surface area (Å²) < 4.78 is 2.50. The zero-order valence-electron chi connectivity index (χ0n) is 38.0. The van der Waals surface area contributed by atoms with Gasteiger partial charge in [0.2, 0.25) is 0 Å². The molecule has 0 radical (unpaired) electrons. The lowest BCUT2D eigenvalue weighted by Crippen LogP contribution is -2.28. The van der Waals surface area contributed by atoms with E-state index in [1.54, 1.807) is 0 Å². The van der Waals surface area contributed by atoms with E-state index in [1.807, 2.05) is 0 Å². The Morgan fingerprint density at radius 2 is 0.882 bits per heavy atom. The highest BCUT2D eigenvalue weighted by atomic mass is 15.1. The average molecular weight is 867 g/mol. The minimum atomic E-state index is -0.517. The lowest BCUT2D eigenvalue weighted by Gasteiger charge is -2.35. The van der Waals surface area contributed by atoms with Crippen LogP contribution in [0.5, 0.6) is 0 Å². The highest BCUT2D eigenvalue weighted by molar-refractivity contribution is 6.18. The van der Waals surface area contributed by atoms with E-state index in [2.05, 4.69) is 266 Å². The number of nitrogens with zero attached hydrogens (tertiary/aromatic N) is 2. The summed E-state index contributed by atoms with van der Waals surface area (Å²) in [7, 11) is 0. The summed E-state index contributed by atoms with van der Waals surface area (Å²) in [5.41, 5.74) is 19.2. The van der Waals surface area contributed by atoms with Gasteiger partial charge in [-0.2, -0.15) is 0 Å². The molecule has 68 heavy (non-hydrogen) atoms. The van der Waals surface area contributed by atoms with E-state index in [1.165, 1.54) is 105 Å². The maximum Gasteiger partial charge on any atom is 0.0714 e. The third-order valence-corrected chi connectivity index (χ3v) is 15.4. The van der Waals surface area contributed by atoms with Crippen LogP contribution in [0.3, 0.4) is 0 Å². The van der Waals surface area contributed by atoms with Crippen LogP contribution in [0.4, 0.5) is 17.1 Å². The molecule has 14 rings (SSSR count). The molecule has 12 aromatic rings. The Labute approximate surface area is 396 Å². The molecular formula is C66H46N2. The van der Waals surface area contributed by atoms with Crippen LogP contribution in [-0.2, 0) is 10.8 Å². The topological polar surface area (TPSA) is 8.17 Å². The zero-order chi connectivity index (χ0) is 45.1. The maximum atomic E-state index is 2.51. The molecule has 0 unspecified atom stereocenters. The van der Waals surface area contributed by atoms with Crippen LogP contribution in [0, 0.1) is 0 Å². The van der Waals surface area contributed by atoms with Gasteiger partial charge in [0.25, 0.3) is 0 Å². The summed E-state index contributed by atoms with van der Waals surface area (Å²) in [5, 5.41) is 7.49. The van der Waals surface area contributed by atoms with E-state index >= 15 is 0 Å². The first-order valence-corrected chi connectivity index (χ1v) is 23.8. The van der Waals surface area contributed by atoms with Gasteiger partial charge in [-0.1, -0.05) is 208 Å². The molecule has 0 saturated carbocycles. The second kappa shape index (κ2) is 14.5. The number of anilines is 3. The van der Waals surface area contributed by atoms with Gasteiger partial charge in [-0.25, -0.2) is 0 Å². The molecule has 0 saturated heterocycles. The Hall–Kier alpha value is -8.46. The Balaban J connectivity index is 0.970. The largest absolute Gasteiger partial charge is 0.310 e. The number of rotatable bonds is 6. The first kappa shape index (κ1) is 38.8. The van der Waals surface area contributed by atoms with Gasteiger partial charge in [-0.3, -0.25) is 0 Å². The predicted molar refractivity (Wildman–Crippen MR) is 285 cm³/mol. The lowest BCUT2D eigenvalue weighted by molar-refractivity contribution is 0.660. The molecule has 0 amide bonds. The van der Waals surface area contributed by atoms with Gasteiger partial charge < -0.3 is 9.47 Å². The first-order chi connectivity index (χ1) is 33.5. The second-order valence-electron chi connectivity index (χ2n) is 19.2. The summed E-state index contributed by atoms with van der Waals surface area (Å²) >= 11 is 0. The number of para-hydroxylation sites is 1. The number of hydrogen-bond donors (Lipinski definition) is 0. The standard InChI is InChI=1S/C66H46N2/c1-65(2)59-40-47(33-37-53(59)54-38-35-49(41-60(54)65)68-63-30-16-14-28-56(63)57-36-32-44-19-10-12-26-51(44)64(57)68)67(62-31-17-20-43-18-9-11-25-50(43)62)48-34-39-55-52-27-13-15-29-58(52)66(61(55)42-48,45-21-5-3-6-22-45)46-23-7-4-8-24-46/h3-42H,1-2H3. The molecule has 1 heterocycles. The van der Waals surface area contributed by atoms with Crippen molar-refractivity contribution < 1.29 is 0 Å². The Morgan fingerprint density at radius 3 is 1.62 bits per heavy atom.